The second kappa shape index (κ2) is 13.9. The van der Waals surface area contributed by atoms with Gasteiger partial charge in [0, 0.05) is 0 Å². The van der Waals surface area contributed by atoms with Crippen LogP contribution in [0.5, 0.6) is 0 Å². The van der Waals surface area contributed by atoms with Crippen LogP contribution in [0.15, 0.2) is 18.3 Å². The number of nitrogens with one attached hydrogen (secondary N) is 1. The Morgan fingerprint density at radius 3 is 2.09 bits per heavy atom. The van der Waals surface area contributed by atoms with Gasteiger partial charge in [-0.15, -0.1) is 0 Å². The number of nitrogen functional groups attached to an aromatic ring is 1. The summed E-state index contributed by atoms with van der Waals surface area (Å²) in [7, 11) is -3.71. The van der Waals surface area contributed by atoms with Crippen molar-refractivity contribution in [2.75, 3.05) is 37.3 Å². The molecule has 0 spiro atoms. The number of benzene rings is 1. The van der Waals surface area contributed by atoms with Crippen molar-refractivity contribution in [2.24, 2.45) is 0 Å². The lowest BCUT2D eigenvalue weighted by Gasteiger charge is -2.14. The molecule has 0 aliphatic carbocycles. The Morgan fingerprint density at radius 2 is 1.77 bits per heavy atom. The third kappa shape index (κ3) is 12.5. The second-order valence-corrected chi connectivity index (χ2v) is 11.6. The molecule has 1 aromatic heterocycles. The van der Waals surface area contributed by atoms with Crippen LogP contribution in [0, 0.1) is 10.1 Å². The lowest BCUT2D eigenvalue weighted by Crippen LogP contribution is -2.25. The summed E-state index contributed by atoms with van der Waals surface area (Å²) in [5.74, 6) is -1.57. The highest BCUT2D eigenvalue weighted by atomic mass is 35.5. The second-order valence-electron chi connectivity index (χ2n) is 6.71. The normalized spacial score (nSPS) is 12.7. The summed E-state index contributed by atoms with van der Waals surface area (Å²) in [5.41, 5.74) is 3.78. The molecule has 2 rings (SSSR count). The highest BCUT2D eigenvalue weighted by Gasteiger charge is 2.33. The van der Waals surface area contributed by atoms with Gasteiger partial charge in [-0.2, -0.15) is 18.3 Å². The number of nitrogens with zero attached hydrogens (tertiary/aromatic N) is 3. The summed E-state index contributed by atoms with van der Waals surface area (Å²) in [4.78, 5) is 37.7. The third-order valence-electron chi connectivity index (χ3n) is 3.13. The monoisotopic (exact) mass is 585 g/mol. The zero-order chi connectivity index (χ0) is 27.7. The number of carboxylic acids is 1. The predicted octanol–water partition coefficient (Wildman–Crippen LogP) is 2.35. The summed E-state index contributed by atoms with van der Waals surface area (Å²) < 4.78 is 48.6. The van der Waals surface area contributed by atoms with Crippen LogP contribution in [0.25, 0.3) is 5.69 Å². The first-order valence-corrected chi connectivity index (χ1v) is 13.7. The highest BCUT2D eigenvalue weighted by Crippen LogP contribution is 2.38. The number of aromatic nitrogens is 2. The SMILES string of the molecule is C[S+](C)C.Nc1c([N+](=O)[O-])cnn1-c1c(Cl)cc(C(F)(F)F)cc1Cl.O=C(O)CNCP(=O)([O-])O. The molecule has 2 aromatic rings. The van der Waals surface area contributed by atoms with Gasteiger partial charge < -0.3 is 25.2 Å². The molecule has 1 aromatic carbocycles. The quantitative estimate of drug-likeness (QED) is 0.169. The van der Waals surface area contributed by atoms with Crippen molar-refractivity contribution in [3.8, 4) is 5.69 Å². The Hall–Kier alpha value is -2.07. The van der Waals surface area contributed by atoms with E-state index in [1.165, 1.54) is 0 Å². The summed E-state index contributed by atoms with van der Waals surface area (Å²) in [6.07, 6.45) is 2.09. The molecule has 198 valence electrons. The number of halogens is 5. The first kappa shape index (κ1) is 32.9. The Balaban J connectivity index is 0.000000690. The number of alkyl halides is 3. The van der Waals surface area contributed by atoms with Crippen molar-refractivity contribution in [3.05, 3.63) is 44.1 Å². The lowest BCUT2D eigenvalue weighted by molar-refractivity contribution is -0.383. The Labute approximate surface area is 209 Å². The van der Waals surface area contributed by atoms with Gasteiger partial charge in [-0.1, -0.05) is 23.2 Å². The van der Waals surface area contributed by atoms with E-state index in [4.69, 9.17) is 38.9 Å². The molecule has 5 N–H and O–H groups in total. The Bertz CT molecular complexity index is 1060. The predicted molar refractivity (Wildman–Crippen MR) is 125 cm³/mol. The van der Waals surface area contributed by atoms with E-state index >= 15 is 0 Å². The van der Waals surface area contributed by atoms with Crippen LogP contribution in [0.3, 0.4) is 0 Å². The van der Waals surface area contributed by atoms with E-state index in [0.717, 1.165) is 10.9 Å². The van der Waals surface area contributed by atoms with Gasteiger partial charge in [0.15, 0.2) is 0 Å². The average molecular weight is 586 g/mol. The number of nitrogens with two attached hydrogens (primary N) is 1. The van der Waals surface area contributed by atoms with Gasteiger partial charge in [0.05, 0.1) is 52.1 Å². The number of carboxylic acid groups (broad SMARTS) is 1. The standard InChI is InChI=1S/C10H5Cl2F3N4O2.C3H8NO5P.C3H9S/c11-5-1-4(10(13,14)15)2-6(12)8(5)18-9(16)7(3-17-18)19(20)21;5-3(6)1-4-2-10(7,8)9;1-4(2)3/h1-3H,16H2;4H,1-2H2,(H,5,6)(H2,7,8,9);1-3H3/q;;+1/p-1. The number of hydrogen-bond acceptors (Lipinski definition) is 8. The molecule has 0 radical (unpaired) electrons. The van der Waals surface area contributed by atoms with Crippen molar-refractivity contribution < 1.29 is 42.3 Å². The maximum Gasteiger partial charge on any atom is 0.416 e. The molecule has 35 heavy (non-hydrogen) atoms. The summed E-state index contributed by atoms with van der Waals surface area (Å²) in [6.45, 7) is -0.479. The first-order chi connectivity index (χ1) is 15.8. The molecule has 0 fully saturated rings. The van der Waals surface area contributed by atoms with E-state index in [0.29, 0.717) is 23.0 Å². The molecular weight excluding hydrogens is 565 g/mol. The Kier molecular flexibility index (Phi) is 13.0. The maximum atomic E-state index is 12.6. The Morgan fingerprint density at radius 1 is 1.31 bits per heavy atom. The van der Waals surface area contributed by atoms with Crippen LogP contribution in [0.1, 0.15) is 5.56 Å². The van der Waals surface area contributed by atoms with Gasteiger partial charge >= 0.3 is 17.8 Å². The minimum atomic E-state index is -4.63. The molecule has 1 atom stereocenters. The van der Waals surface area contributed by atoms with Crippen LogP contribution >= 0.6 is 30.8 Å². The maximum absolute atomic E-state index is 12.6. The summed E-state index contributed by atoms with van der Waals surface area (Å²) in [6, 6.07) is 1.27. The number of hydrogen-bond donors (Lipinski definition) is 4. The van der Waals surface area contributed by atoms with Crippen LogP contribution in [-0.4, -0.2) is 62.3 Å². The number of rotatable bonds is 6. The average Bonchev–Trinajstić information content (AvgIpc) is 3.00. The topological polar surface area (TPSA) is 197 Å². The number of aliphatic carboxylic acids is 1. The molecule has 0 saturated carbocycles. The van der Waals surface area contributed by atoms with Crippen LogP contribution in [0.4, 0.5) is 24.7 Å². The fourth-order valence-corrected chi connectivity index (χ4v) is 2.95. The first-order valence-electron chi connectivity index (χ1n) is 8.77. The van der Waals surface area contributed by atoms with E-state index in [1.807, 2.05) is 5.32 Å². The van der Waals surface area contributed by atoms with Crippen LogP contribution < -0.4 is 15.9 Å². The van der Waals surface area contributed by atoms with E-state index < -0.39 is 54.6 Å². The van der Waals surface area contributed by atoms with Crippen LogP contribution in [0.2, 0.25) is 10.0 Å². The molecule has 0 bridgehead atoms. The van der Waals surface area contributed by atoms with Crippen molar-refractivity contribution in [1.82, 2.24) is 15.1 Å². The largest absolute Gasteiger partial charge is 0.778 e. The van der Waals surface area contributed by atoms with E-state index in [9.17, 15) is 37.5 Å². The molecule has 0 aliphatic rings. The van der Waals surface area contributed by atoms with Crippen molar-refractivity contribution in [1.29, 1.82) is 0 Å². The fourth-order valence-electron chi connectivity index (χ4n) is 1.90. The fraction of sp³-hybridized carbons (Fsp3) is 0.375. The number of nitro groups is 1. The van der Waals surface area contributed by atoms with Gasteiger partial charge in [-0.3, -0.25) is 20.2 Å². The zero-order valence-corrected chi connectivity index (χ0v) is 21.5. The minimum absolute atomic E-state index is 0.170. The van der Waals surface area contributed by atoms with E-state index in [2.05, 4.69) is 23.9 Å². The lowest BCUT2D eigenvalue weighted by atomic mass is 10.2. The summed E-state index contributed by atoms with van der Waals surface area (Å²) >= 11 is 11.5. The van der Waals surface area contributed by atoms with Gasteiger partial charge in [-0.05, 0) is 23.0 Å². The smallest absolute Gasteiger partial charge is 0.416 e. The van der Waals surface area contributed by atoms with Crippen LogP contribution in [-0.2, 0) is 26.4 Å². The molecular formula is C16H21Cl2F3N5O7PS. The van der Waals surface area contributed by atoms with Crippen molar-refractivity contribution in [3.63, 3.8) is 0 Å². The van der Waals surface area contributed by atoms with Gasteiger partial charge in [-0.25, -0.2) is 4.68 Å². The molecule has 1 heterocycles. The summed E-state index contributed by atoms with van der Waals surface area (Å²) in [5, 5.41) is 23.5. The zero-order valence-electron chi connectivity index (χ0n) is 18.2. The molecule has 0 aliphatic heterocycles. The van der Waals surface area contributed by atoms with Gasteiger partial charge in [0.2, 0.25) is 5.82 Å². The van der Waals surface area contributed by atoms with E-state index in [1.54, 1.807) is 0 Å². The van der Waals surface area contributed by atoms with Gasteiger partial charge in [0.1, 0.15) is 19.5 Å². The molecule has 0 amide bonds. The van der Waals surface area contributed by atoms with E-state index in [-0.39, 0.29) is 15.7 Å². The molecule has 0 saturated heterocycles. The molecule has 19 heteroatoms. The minimum Gasteiger partial charge on any atom is -0.778 e. The third-order valence-corrected chi connectivity index (χ3v) is 4.33. The highest BCUT2D eigenvalue weighted by molar-refractivity contribution is 7.94. The van der Waals surface area contributed by atoms with Crippen molar-refractivity contribution >= 4 is 59.2 Å². The number of anilines is 1. The molecule has 12 nitrogen and oxygen atoms in total. The van der Waals surface area contributed by atoms with Crippen molar-refractivity contribution in [2.45, 2.75) is 6.18 Å². The number of carbonyl (C=O) groups is 1. The van der Waals surface area contributed by atoms with Gasteiger partial charge in [0.25, 0.3) is 0 Å². The molecule has 1 unspecified atom stereocenters.